The van der Waals surface area contributed by atoms with E-state index in [4.69, 9.17) is 9.47 Å². The number of hydrogen-bond acceptors (Lipinski definition) is 3. The molecule has 2 aliphatic rings. The van der Waals surface area contributed by atoms with E-state index in [1.54, 1.807) is 7.11 Å². The normalized spacial score (nSPS) is 21.8. The van der Waals surface area contributed by atoms with Crippen LogP contribution >= 0.6 is 0 Å². The van der Waals surface area contributed by atoms with E-state index in [2.05, 4.69) is 0 Å². The van der Waals surface area contributed by atoms with Crippen molar-refractivity contribution >= 4 is 0 Å². The zero-order valence-corrected chi connectivity index (χ0v) is 10.1. The predicted molar refractivity (Wildman–Crippen MR) is 64.4 cm³/mol. The molecule has 0 heterocycles. The standard InChI is InChI=1S/C14H18O3/c1-16-12-7-3-6-11(14(15)8-9-14)13(12)17-10-4-2-5-10/h3,6-7,10,15H,2,4-5,8-9H2,1H3. The largest absolute Gasteiger partial charge is 0.493 e. The number of para-hydroxylation sites is 1. The molecule has 2 fully saturated rings. The molecule has 3 rings (SSSR count). The van der Waals surface area contributed by atoms with Gasteiger partial charge < -0.3 is 14.6 Å². The third-order valence-electron chi connectivity index (χ3n) is 3.76. The summed E-state index contributed by atoms with van der Waals surface area (Å²) in [5, 5.41) is 10.3. The summed E-state index contributed by atoms with van der Waals surface area (Å²) in [4.78, 5) is 0. The number of ether oxygens (including phenoxy) is 2. The summed E-state index contributed by atoms with van der Waals surface area (Å²) in [6.45, 7) is 0. The summed E-state index contributed by atoms with van der Waals surface area (Å²) in [5.41, 5.74) is 0.219. The molecule has 0 spiro atoms. The molecular weight excluding hydrogens is 216 g/mol. The Bertz CT molecular complexity index is 419. The molecular formula is C14H18O3. The molecule has 92 valence electrons. The Hall–Kier alpha value is -1.22. The van der Waals surface area contributed by atoms with Gasteiger partial charge in [-0.2, -0.15) is 0 Å². The average Bonchev–Trinajstić information content (AvgIpc) is 3.02. The van der Waals surface area contributed by atoms with Gasteiger partial charge >= 0.3 is 0 Å². The van der Waals surface area contributed by atoms with Crippen LogP contribution in [0.25, 0.3) is 0 Å². The first kappa shape index (κ1) is 10.9. The summed E-state index contributed by atoms with van der Waals surface area (Å²) in [6.07, 6.45) is 5.39. The zero-order valence-electron chi connectivity index (χ0n) is 10.1. The number of aliphatic hydroxyl groups is 1. The van der Waals surface area contributed by atoms with Crippen LogP contribution in [0, 0.1) is 0 Å². The summed E-state index contributed by atoms with van der Waals surface area (Å²) in [6, 6.07) is 5.75. The molecule has 2 saturated carbocycles. The molecule has 1 aromatic carbocycles. The maximum absolute atomic E-state index is 10.3. The van der Waals surface area contributed by atoms with Crippen LogP contribution < -0.4 is 9.47 Å². The second-order valence-electron chi connectivity index (χ2n) is 5.04. The van der Waals surface area contributed by atoms with Gasteiger partial charge in [0.25, 0.3) is 0 Å². The molecule has 3 nitrogen and oxygen atoms in total. The summed E-state index contributed by atoms with van der Waals surface area (Å²) < 4.78 is 11.3. The lowest BCUT2D eigenvalue weighted by Crippen LogP contribution is -2.26. The Kier molecular flexibility index (Phi) is 2.51. The van der Waals surface area contributed by atoms with Crippen molar-refractivity contribution in [3.63, 3.8) is 0 Å². The smallest absolute Gasteiger partial charge is 0.167 e. The Morgan fingerprint density at radius 1 is 1.29 bits per heavy atom. The van der Waals surface area contributed by atoms with Gasteiger partial charge in [-0.15, -0.1) is 0 Å². The minimum absolute atomic E-state index is 0.299. The van der Waals surface area contributed by atoms with E-state index >= 15 is 0 Å². The van der Waals surface area contributed by atoms with Crippen molar-refractivity contribution < 1.29 is 14.6 Å². The van der Waals surface area contributed by atoms with E-state index in [1.165, 1.54) is 6.42 Å². The van der Waals surface area contributed by atoms with E-state index in [0.717, 1.165) is 42.7 Å². The first-order valence-electron chi connectivity index (χ1n) is 6.29. The summed E-state index contributed by atoms with van der Waals surface area (Å²) in [7, 11) is 1.64. The molecule has 1 aromatic rings. The van der Waals surface area contributed by atoms with E-state index < -0.39 is 5.60 Å². The average molecular weight is 234 g/mol. The van der Waals surface area contributed by atoms with Gasteiger partial charge in [-0.05, 0) is 38.2 Å². The predicted octanol–water partition coefficient (Wildman–Crippen LogP) is 2.61. The lowest BCUT2D eigenvalue weighted by Gasteiger charge is -2.29. The highest BCUT2D eigenvalue weighted by molar-refractivity contribution is 5.51. The maximum Gasteiger partial charge on any atom is 0.167 e. The van der Waals surface area contributed by atoms with Gasteiger partial charge in [-0.1, -0.05) is 12.1 Å². The highest BCUT2D eigenvalue weighted by Gasteiger charge is 2.45. The van der Waals surface area contributed by atoms with Crippen molar-refractivity contribution in [1.29, 1.82) is 0 Å². The molecule has 1 N–H and O–H groups in total. The molecule has 0 unspecified atom stereocenters. The van der Waals surface area contributed by atoms with E-state index in [9.17, 15) is 5.11 Å². The molecule has 0 bridgehead atoms. The molecule has 0 amide bonds. The molecule has 0 aromatic heterocycles. The van der Waals surface area contributed by atoms with Crippen molar-refractivity contribution in [1.82, 2.24) is 0 Å². The maximum atomic E-state index is 10.3. The quantitative estimate of drug-likeness (QED) is 0.870. The summed E-state index contributed by atoms with van der Waals surface area (Å²) in [5.74, 6) is 1.48. The third kappa shape index (κ3) is 1.89. The molecule has 0 aliphatic heterocycles. The van der Waals surface area contributed by atoms with Crippen molar-refractivity contribution in [2.45, 2.75) is 43.8 Å². The van der Waals surface area contributed by atoms with E-state index in [0.29, 0.717) is 6.10 Å². The van der Waals surface area contributed by atoms with E-state index in [-0.39, 0.29) is 0 Å². The van der Waals surface area contributed by atoms with Gasteiger partial charge in [-0.3, -0.25) is 0 Å². The third-order valence-corrected chi connectivity index (χ3v) is 3.76. The van der Waals surface area contributed by atoms with Crippen LogP contribution in [0.15, 0.2) is 18.2 Å². The van der Waals surface area contributed by atoms with Crippen molar-refractivity contribution in [2.75, 3.05) is 7.11 Å². The van der Waals surface area contributed by atoms with Gasteiger partial charge in [0.15, 0.2) is 11.5 Å². The Morgan fingerprint density at radius 3 is 2.59 bits per heavy atom. The van der Waals surface area contributed by atoms with Crippen LogP contribution in [0.4, 0.5) is 0 Å². The Labute approximate surface area is 101 Å². The minimum Gasteiger partial charge on any atom is -0.493 e. The number of methoxy groups -OCH3 is 1. The highest BCUT2D eigenvalue weighted by Crippen LogP contribution is 2.51. The molecule has 0 saturated heterocycles. The zero-order chi connectivity index (χ0) is 11.9. The van der Waals surface area contributed by atoms with Crippen LogP contribution in [0.5, 0.6) is 11.5 Å². The SMILES string of the molecule is COc1cccc(C2(O)CC2)c1OC1CCC1. The van der Waals surface area contributed by atoms with Gasteiger partial charge in [0, 0.05) is 5.56 Å². The van der Waals surface area contributed by atoms with E-state index in [1.807, 2.05) is 18.2 Å². The van der Waals surface area contributed by atoms with Gasteiger partial charge in [0.1, 0.15) is 0 Å². The van der Waals surface area contributed by atoms with Crippen LogP contribution in [0.2, 0.25) is 0 Å². The molecule has 17 heavy (non-hydrogen) atoms. The fourth-order valence-corrected chi connectivity index (χ4v) is 2.21. The van der Waals surface area contributed by atoms with Crippen molar-refractivity contribution in [2.24, 2.45) is 0 Å². The number of rotatable bonds is 4. The van der Waals surface area contributed by atoms with Crippen LogP contribution in [0.1, 0.15) is 37.7 Å². The highest BCUT2D eigenvalue weighted by atomic mass is 16.5. The lowest BCUT2D eigenvalue weighted by atomic mass is 9.96. The Balaban J connectivity index is 1.95. The first-order valence-corrected chi connectivity index (χ1v) is 6.29. The minimum atomic E-state index is -0.673. The van der Waals surface area contributed by atoms with Crippen molar-refractivity contribution in [3.05, 3.63) is 23.8 Å². The molecule has 0 radical (unpaired) electrons. The lowest BCUT2D eigenvalue weighted by molar-refractivity contribution is 0.101. The molecule has 3 heteroatoms. The first-order chi connectivity index (χ1) is 8.23. The number of benzene rings is 1. The monoisotopic (exact) mass is 234 g/mol. The molecule has 0 atom stereocenters. The molecule has 2 aliphatic carbocycles. The van der Waals surface area contributed by atoms with Gasteiger partial charge in [-0.25, -0.2) is 0 Å². The fraction of sp³-hybridized carbons (Fsp3) is 0.571. The van der Waals surface area contributed by atoms with Crippen LogP contribution in [-0.4, -0.2) is 18.3 Å². The van der Waals surface area contributed by atoms with Crippen LogP contribution in [0.3, 0.4) is 0 Å². The fourth-order valence-electron chi connectivity index (χ4n) is 2.21. The Morgan fingerprint density at radius 2 is 2.06 bits per heavy atom. The second-order valence-corrected chi connectivity index (χ2v) is 5.04. The second kappa shape index (κ2) is 3.91. The van der Waals surface area contributed by atoms with Crippen LogP contribution in [-0.2, 0) is 5.60 Å². The van der Waals surface area contributed by atoms with Gasteiger partial charge in [0.05, 0.1) is 18.8 Å². The topological polar surface area (TPSA) is 38.7 Å². The van der Waals surface area contributed by atoms with Gasteiger partial charge in [0.2, 0.25) is 0 Å². The number of hydrogen-bond donors (Lipinski definition) is 1. The summed E-state index contributed by atoms with van der Waals surface area (Å²) >= 11 is 0. The van der Waals surface area contributed by atoms with Crippen molar-refractivity contribution in [3.8, 4) is 11.5 Å².